The first kappa shape index (κ1) is 14.9. The third-order valence-electron chi connectivity index (χ3n) is 2.52. The summed E-state index contributed by atoms with van der Waals surface area (Å²) < 4.78 is 4.94. The summed E-state index contributed by atoms with van der Waals surface area (Å²) >= 11 is 0. The number of methoxy groups -OCH3 is 1. The van der Waals surface area contributed by atoms with Gasteiger partial charge in [-0.25, -0.2) is 4.79 Å². The van der Waals surface area contributed by atoms with Crippen LogP contribution in [0.5, 0.6) is 5.75 Å². The van der Waals surface area contributed by atoms with Gasteiger partial charge < -0.3 is 25.2 Å². The number of carboxylic acids is 2. The molecule has 0 fully saturated rings. The fraction of sp³-hybridized carbons (Fsp3) is 0.333. The molecule has 1 rings (SSSR count). The van der Waals surface area contributed by atoms with Gasteiger partial charge in [-0.15, -0.1) is 0 Å². The van der Waals surface area contributed by atoms with Gasteiger partial charge in [-0.05, 0) is 17.7 Å². The van der Waals surface area contributed by atoms with Gasteiger partial charge in [-0.2, -0.15) is 0 Å². The summed E-state index contributed by atoms with van der Waals surface area (Å²) in [6, 6.07) is 4.19. The Hall–Kier alpha value is -2.12. The number of aliphatic hydroxyl groups is 2. The molecule has 7 nitrogen and oxygen atoms in total. The van der Waals surface area contributed by atoms with Crippen LogP contribution in [-0.4, -0.2) is 45.6 Å². The second-order valence-corrected chi connectivity index (χ2v) is 3.87. The molecule has 4 N–H and O–H groups in total. The van der Waals surface area contributed by atoms with Crippen molar-refractivity contribution in [2.24, 2.45) is 0 Å². The van der Waals surface area contributed by atoms with E-state index in [1.165, 1.54) is 25.3 Å². The molecule has 104 valence electrons. The molecule has 0 bridgehead atoms. The van der Waals surface area contributed by atoms with Crippen molar-refractivity contribution in [3.05, 3.63) is 29.3 Å². The van der Waals surface area contributed by atoms with Gasteiger partial charge in [0.15, 0.2) is 6.10 Å². The zero-order valence-corrected chi connectivity index (χ0v) is 10.1. The lowest BCUT2D eigenvalue weighted by Gasteiger charge is -2.18. The average Bonchev–Trinajstić information content (AvgIpc) is 2.36. The minimum atomic E-state index is -2.02. The second-order valence-electron chi connectivity index (χ2n) is 3.87. The lowest BCUT2D eigenvalue weighted by atomic mass is 9.99. The molecule has 19 heavy (non-hydrogen) atoms. The predicted octanol–water partition coefficient (Wildman–Crippen LogP) is -0.199. The summed E-state index contributed by atoms with van der Waals surface area (Å²) in [5.74, 6) is -2.48. The Balaban J connectivity index is 3.14. The molecular weight excluding hydrogens is 256 g/mol. The number of carboxylic acid groups (broad SMARTS) is 2. The highest BCUT2D eigenvalue weighted by Gasteiger charge is 2.28. The third-order valence-corrected chi connectivity index (χ3v) is 2.52. The summed E-state index contributed by atoms with van der Waals surface area (Å²) in [4.78, 5) is 21.2. The number of hydrogen-bond acceptors (Lipinski definition) is 5. The van der Waals surface area contributed by atoms with Gasteiger partial charge in [-0.1, -0.05) is 6.07 Å². The molecule has 0 aliphatic rings. The zero-order valence-electron chi connectivity index (χ0n) is 10.1. The van der Waals surface area contributed by atoms with Crippen LogP contribution in [0.3, 0.4) is 0 Å². The van der Waals surface area contributed by atoms with Crippen molar-refractivity contribution in [3.63, 3.8) is 0 Å². The molecule has 2 unspecified atom stereocenters. The molecule has 0 aliphatic carbocycles. The van der Waals surface area contributed by atoms with Crippen molar-refractivity contribution in [1.29, 1.82) is 0 Å². The Bertz CT molecular complexity index is 483. The monoisotopic (exact) mass is 270 g/mol. The van der Waals surface area contributed by atoms with E-state index in [0.717, 1.165) is 0 Å². The second kappa shape index (κ2) is 6.17. The minimum absolute atomic E-state index is 0.0242. The smallest absolute Gasteiger partial charge is 0.335 e. The van der Waals surface area contributed by atoms with Crippen LogP contribution in [0.25, 0.3) is 0 Å². The number of rotatable bonds is 6. The summed E-state index contributed by atoms with van der Waals surface area (Å²) in [5, 5.41) is 36.4. The fourth-order valence-corrected chi connectivity index (χ4v) is 1.60. The van der Waals surface area contributed by atoms with Gasteiger partial charge in [0.1, 0.15) is 11.9 Å². The molecule has 0 aliphatic heterocycles. The Labute approximate surface area is 108 Å². The summed E-state index contributed by atoms with van der Waals surface area (Å²) in [5.41, 5.74) is 0.385. The minimum Gasteiger partial charge on any atom is -0.496 e. The van der Waals surface area contributed by atoms with Gasteiger partial charge in [0, 0.05) is 5.56 Å². The van der Waals surface area contributed by atoms with Crippen LogP contribution in [0.15, 0.2) is 18.2 Å². The number of aliphatic hydroxyl groups excluding tert-OH is 2. The first-order valence-corrected chi connectivity index (χ1v) is 5.34. The van der Waals surface area contributed by atoms with E-state index in [1.54, 1.807) is 0 Å². The van der Waals surface area contributed by atoms with Gasteiger partial charge in [-0.3, -0.25) is 4.79 Å². The van der Waals surface area contributed by atoms with E-state index in [2.05, 4.69) is 0 Å². The molecule has 0 heterocycles. The first-order valence-electron chi connectivity index (χ1n) is 5.34. The van der Waals surface area contributed by atoms with Gasteiger partial charge >= 0.3 is 11.9 Å². The number of aliphatic carboxylic acids is 2. The SMILES string of the molecule is COc1ccc(CC(=O)O)cc1C(O)C(O)C(=O)O. The van der Waals surface area contributed by atoms with Crippen molar-refractivity contribution in [3.8, 4) is 5.75 Å². The molecule has 0 aromatic heterocycles. The van der Waals surface area contributed by atoms with E-state index >= 15 is 0 Å². The van der Waals surface area contributed by atoms with E-state index in [-0.39, 0.29) is 17.7 Å². The fourth-order valence-electron chi connectivity index (χ4n) is 1.60. The maximum absolute atomic E-state index is 10.6. The molecule has 1 aromatic carbocycles. The van der Waals surface area contributed by atoms with Crippen molar-refractivity contribution in [1.82, 2.24) is 0 Å². The first-order chi connectivity index (χ1) is 8.86. The van der Waals surface area contributed by atoms with Crippen LogP contribution >= 0.6 is 0 Å². The zero-order chi connectivity index (χ0) is 14.6. The summed E-state index contributed by atoms with van der Waals surface area (Å²) in [6.45, 7) is 0. The Morgan fingerprint density at radius 1 is 1.26 bits per heavy atom. The molecule has 2 atom stereocenters. The van der Waals surface area contributed by atoms with Crippen LogP contribution in [-0.2, 0) is 16.0 Å². The standard InChI is InChI=1S/C12H14O7/c1-19-8-3-2-6(5-9(13)14)4-7(8)10(15)11(16)12(17)18/h2-4,10-11,15-16H,5H2,1H3,(H,13,14)(H,17,18). The molecule has 0 saturated heterocycles. The van der Waals surface area contributed by atoms with E-state index in [4.69, 9.17) is 14.9 Å². The Kier molecular flexibility index (Phi) is 4.85. The summed E-state index contributed by atoms with van der Waals surface area (Å²) in [7, 11) is 1.32. The highest BCUT2D eigenvalue weighted by molar-refractivity contribution is 5.73. The van der Waals surface area contributed by atoms with Gasteiger partial charge in [0.25, 0.3) is 0 Å². The van der Waals surface area contributed by atoms with E-state index in [1.807, 2.05) is 0 Å². The molecule has 0 saturated carbocycles. The molecular formula is C12H14O7. The average molecular weight is 270 g/mol. The predicted molar refractivity (Wildman–Crippen MR) is 62.9 cm³/mol. The number of ether oxygens (including phenoxy) is 1. The molecule has 0 radical (unpaired) electrons. The highest BCUT2D eigenvalue weighted by atomic mass is 16.5. The highest BCUT2D eigenvalue weighted by Crippen LogP contribution is 2.28. The van der Waals surface area contributed by atoms with E-state index < -0.39 is 24.1 Å². The van der Waals surface area contributed by atoms with Crippen LogP contribution in [0, 0.1) is 0 Å². The van der Waals surface area contributed by atoms with E-state index in [0.29, 0.717) is 5.56 Å². The topological polar surface area (TPSA) is 124 Å². The maximum atomic E-state index is 10.6. The molecule has 1 aromatic rings. The van der Waals surface area contributed by atoms with Gasteiger partial charge in [0.05, 0.1) is 13.5 Å². The summed E-state index contributed by atoms with van der Waals surface area (Å²) in [6.07, 6.45) is -4.01. The van der Waals surface area contributed by atoms with Crippen molar-refractivity contribution < 1.29 is 34.8 Å². The van der Waals surface area contributed by atoms with E-state index in [9.17, 15) is 19.8 Å². The molecule has 0 spiro atoms. The van der Waals surface area contributed by atoms with Crippen LogP contribution in [0.1, 0.15) is 17.2 Å². The Morgan fingerprint density at radius 2 is 1.89 bits per heavy atom. The number of carbonyl (C=O) groups is 2. The van der Waals surface area contributed by atoms with Crippen molar-refractivity contribution in [2.45, 2.75) is 18.6 Å². The quantitative estimate of drug-likeness (QED) is 0.564. The lowest BCUT2D eigenvalue weighted by Crippen LogP contribution is -2.27. The number of hydrogen-bond donors (Lipinski definition) is 4. The maximum Gasteiger partial charge on any atom is 0.335 e. The van der Waals surface area contributed by atoms with Crippen molar-refractivity contribution in [2.75, 3.05) is 7.11 Å². The molecule has 7 heteroatoms. The van der Waals surface area contributed by atoms with Crippen molar-refractivity contribution >= 4 is 11.9 Å². The van der Waals surface area contributed by atoms with Gasteiger partial charge in [0.2, 0.25) is 0 Å². The van der Waals surface area contributed by atoms with Crippen LogP contribution < -0.4 is 4.74 Å². The Morgan fingerprint density at radius 3 is 2.37 bits per heavy atom. The third kappa shape index (κ3) is 3.67. The lowest BCUT2D eigenvalue weighted by molar-refractivity contribution is -0.153. The molecule has 0 amide bonds. The van der Waals surface area contributed by atoms with Crippen LogP contribution in [0.4, 0.5) is 0 Å². The van der Waals surface area contributed by atoms with Crippen LogP contribution in [0.2, 0.25) is 0 Å². The number of benzene rings is 1. The normalized spacial score (nSPS) is 13.6. The largest absolute Gasteiger partial charge is 0.496 e.